The van der Waals surface area contributed by atoms with E-state index in [1.165, 1.54) is 24.3 Å². The van der Waals surface area contributed by atoms with Gasteiger partial charge in [-0.25, -0.2) is 18.1 Å². The van der Waals surface area contributed by atoms with E-state index < -0.39 is 10.0 Å². The van der Waals surface area contributed by atoms with Crippen molar-refractivity contribution in [3.63, 3.8) is 0 Å². The molecule has 0 spiro atoms. The molecule has 0 unspecified atom stereocenters. The van der Waals surface area contributed by atoms with E-state index in [2.05, 4.69) is 9.71 Å². The zero-order valence-electron chi connectivity index (χ0n) is 9.58. The lowest BCUT2D eigenvalue weighted by Crippen LogP contribution is -2.23. The maximum Gasteiger partial charge on any atom is 0.244 e. The first kappa shape index (κ1) is 13.2. The lowest BCUT2D eigenvalue weighted by Gasteiger charge is -2.03. The first-order valence-electron chi connectivity index (χ1n) is 5.10. The number of aryl methyl sites for hydroxylation is 1. The highest BCUT2D eigenvalue weighted by atomic mass is 32.2. The van der Waals surface area contributed by atoms with Crippen molar-refractivity contribution in [1.82, 2.24) is 9.71 Å². The molecule has 0 aliphatic carbocycles. The second-order valence-corrected chi connectivity index (χ2v) is 6.05. The van der Waals surface area contributed by atoms with E-state index in [1.807, 2.05) is 0 Å². The fourth-order valence-electron chi connectivity index (χ4n) is 1.44. The van der Waals surface area contributed by atoms with Crippen LogP contribution >= 0.6 is 11.3 Å². The minimum absolute atomic E-state index is 0.0433. The van der Waals surface area contributed by atoms with Crippen molar-refractivity contribution < 1.29 is 17.9 Å². The first-order valence-corrected chi connectivity index (χ1v) is 7.52. The lowest BCUT2D eigenvalue weighted by atomic mass is 10.4. The Labute approximate surface area is 108 Å². The summed E-state index contributed by atoms with van der Waals surface area (Å²) in [5, 5.41) is 10.7. The van der Waals surface area contributed by atoms with E-state index in [1.54, 1.807) is 10.9 Å². The summed E-state index contributed by atoms with van der Waals surface area (Å²) < 4.78 is 31.5. The van der Waals surface area contributed by atoms with E-state index in [9.17, 15) is 8.42 Å². The zero-order chi connectivity index (χ0) is 13.2. The van der Waals surface area contributed by atoms with Gasteiger partial charge < -0.3 is 9.52 Å². The molecule has 0 saturated heterocycles. The summed E-state index contributed by atoms with van der Waals surface area (Å²) in [6.45, 7) is 1.34. The molecule has 8 heteroatoms. The first-order chi connectivity index (χ1) is 8.53. The number of nitrogens with one attached hydrogen (secondary N) is 1. The van der Waals surface area contributed by atoms with Crippen LogP contribution in [-0.4, -0.2) is 18.5 Å². The highest BCUT2D eigenvalue weighted by Crippen LogP contribution is 2.20. The average molecular weight is 288 g/mol. The van der Waals surface area contributed by atoms with E-state index in [0.29, 0.717) is 5.69 Å². The molecule has 2 aromatic heterocycles. The van der Waals surface area contributed by atoms with Gasteiger partial charge in [-0.15, -0.1) is 11.3 Å². The van der Waals surface area contributed by atoms with Crippen molar-refractivity contribution in [2.45, 2.75) is 25.0 Å². The average Bonchev–Trinajstić information content (AvgIpc) is 2.95. The largest absolute Gasteiger partial charge is 0.462 e. The zero-order valence-corrected chi connectivity index (χ0v) is 11.2. The van der Waals surface area contributed by atoms with Gasteiger partial charge in [0.1, 0.15) is 23.0 Å². The van der Waals surface area contributed by atoms with Crippen molar-refractivity contribution in [2.75, 3.05) is 0 Å². The summed E-state index contributed by atoms with van der Waals surface area (Å²) in [6, 6.07) is 1.32. The molecule has 2 aromatic rings. The Bertz CT molecular complexity index is 616. The van der Waals surface area contributed by atoms with Crippen LogP contribution in [0.4, 0.5) is 0 Å². The molecule has 0 aromatic carbocycles. The molecule has 2 N–H and O–H groups in total. The van der Waals surface area contributed by atoms with Gasteiger partial charge in [-0.1, -0.05) is 0 Å². The Balaban J connectivity index is 2.17. The fraction of sp³-hybridized carbons (Fsp3) is 0.300. The van der Waals surface area contributed by atoms with Gasteiger partial charge in [0.2, 0.25) is 10.0 Å². The number of hydrogen-bond donors (Lipinski definition) is 2. The molecule has 0 aliphatic heterocycles. The predicted molar refractivity (Wildman–Crippen MR) is 65.5 cm³/mol. The van der Waals surface area contributed by atoms with Crippen LogP contribution in [0.1, 0.15) is 17.2 Å². The van der Waals surface area contributed by atoms with Crippen LogP contribution in [0.2, 0.25) is 0 Å². The van der Waals surface area contributed by atoms with E-state index in [-0.39, 0.29) is 29.6 Å². The lowest BCUT2D eigenvalue weighted by molar-refractivity contribution is 0.244. The van der Waals surface area contributed by atoms with Crippen LogP contribution in [0.25, 0.3) is 0 Å². The van der Waals surface area contributed by atoms with Gasteiger partial charge in [0, 0.05) is 11.4 Å². The predicted octanol–water partition coefficient (Wildman–Crippen LogP) is 1.02. The quantitative estimate of drug-likeness (QED) is 0.856. The third-order valence-corrected chi connectivity index (χ3v) is 4.44. The maximum atomic E-state index is 12.0. The Hall–Kier alpha value is -1.22. The third-order valence-electron chi connectivity index (χ3n) is 2.30. The molecule has 0 fully saturated rings. The molecule has 0 atom stereocenters. The number of nitrogens with zero attached hydrogens (tertiary/aromatic N) is 1. The summed E-state index contributed by atoms with van der Waals surface area (Å²) in [4.78, 5) is 4.03. The molecule has 0 aliphatic rings. The summed E-state index contributed by atoms with van der Waals surface area (Å²) in [5.74, 6) is 0.478. The fourth-order valence-corrected chi connectivity index (χ4v) is 3.20. The molecule has 0 saturated carbocycles. The minimum Gasteiger partial charge on any atom is -0.462 e. The van der Waals surface area contributed by atoms with Gasteiger partial charge >= 0.3 is 0 Å². The smallest absolute Gasteiger partial charge is 0.244 e. The molecule has 0 bridgehead atoms. The molecule has 6 nitrogen and oxygen atoms in total. The molecular formula is C10H12N2O4S2. The van der Waals surface area contributed by atoms with Crippen LogP contribution in [-0.2, 0) is 23.2 Å². The number of sulfonamides is 1. The Morgan fingerprint density at radius 2 is 2.33 bits per heavy atom. The van der Waals surface area contributed by atoms with Gasteiger partial charge in [-0.05, 0) is 6.92 Å². The topological polar surface area (TPSA) is 92.4 Å². The Morgan fingerprint density at radius 1 is 1.56 bits per heavy atom. The number of hydrogen-bond acceptors (Lipinski definition) is 6. The summed E-state index contributed by atoms with van der Waals surface area (Å²) >= 11 is 1.40. The number of thiazole rings is 1. The van der Waals surface area contributed by atoms with Crippen LogP contribution in [0.3, 0.4) is 0 Å². The number of furan rings is 1. The van der Waals surface area contributed by atoms with Crippen molar-refractivity contribution in [3.8, 4) is 0 Å². The molecule has 2 heterocycles. The normalized spacial score (nSPS) is 11.9. The molecule has 0 amide bonds. The Kier molecular flexibility index (Phi) is 3.81. The van der Waals surface area contributed by atoms with Gasteiger partial charge in [-0.2, -0.15) is 0 Å². The van der Waals surface area contributed by atoms with Gasteiger partial charge in [-0.3, -0.25) is 0 Å². The van der Waals surface area contributed by atoms with Crippen molar-refractivity contribution in [1.29, 1.82) is 0 Å². The number of rotatable bonds is 5. The van der Waals surface area contributed by atoms with E-state index >= 15 is 0 Å². The maximum absolute atomic E-state index is 12.0. The molecular weight excluding hydrogens is 276 g/mol. The van der Waals surface area contributed by atoms with Crippen molar-refractivity contribution in [3.05, 3.63) is 34.2 Å². The van der Waals surface area contributed by atoms with E-state index in [4.69, 9.17) is 9.52 Å². The van der Waals surface area contributed by atoms with Gasteiger partial charge in [0.25, 0.3) is 0 Å². The van der Waals surface area contributed by atoms with Crippen LogP contribution in [0.5, 0.6) is 0 Å². The van der Waals surface area contributed by atoms with Crippen molar-refractivity contribution in [2.24, 2.45) is 0 Å². The molecule has 18 heavy (non-hydrogen) atoms. The van der Waals surface area contributed by atoms with Crippen LogP contribution < -0.4 is 4.72 Å². The standard InChI is InChI=1S/C10H12N2O4S2/c1-7-10(2-9(4-13)16-7)18(14,15)12-3-8-5-17-6-11-8/h2,5-6,12-13H,3-4H2,1H3. The van der Waals surface area contributed by atoms with Crippen molar-refractivity contribution >= 4 is 21.4 Å². The molecule has 2 rings (SSSR count). The van der Waals surface area contributed by atoms with Gasteiger partial charge in [0.05, 0.1) is 17.7 Å². The number of aliphatic hydroxyl groups excluding tert-OH is 1. The second-order valence-electron chi connectivity index (χ2n) is 3.60. The summed E-state index contributed by atoms with van der Waals surface area (Å²) in [7, 11) is -3.65. The second kappa shape index (κ2) is 5.19. The highest BCUT2D eigenvalue weighted by Gasteiger charge is 2.21. The number of aromatic nitrogens is 1. The monoisotopic (exact) mass is 288 g/mol. The highest BCUT2D eigenvalue weighted by molar-refractivity contribution is 7.89. The van der Waals surface area contributed by atoms with Gasteiger partial charge in [0.15, 0.2) is 0 Å². The minimum atomic E-state index is -3.65. The molecule has 98 valence electrons. The SMILES string of the molecule is Cc1oc(CO)cc1S(=O)(=O)NCc1cscn1. The summed E-state index contributed by atoms with van der Waals surface area (Å²) in [5.41, 5.74) is 2.29. The van der Waals surface area contributed by atoms with Crippen LogP contribution in [0, 0.1) is 6.92 Å². The summed E-state index contributed by atoms with van der Waals surface area (Å²) in [6.07, 6.45) is 0. The Morgan fingerprint density at radius 3 is 2.89 bits per heavy atom. The third kappa shape index (κ3) is 2.78. The molecule has 0 radical (unpaired) electrons. The van der Waals surface area contributed by atoms with Crippen LogP contribution in [0.15, 0.2) is 26.3 Å². The number of aliphatic hydroxyl groups is 1. The van der Waals surface area contributed by atoms with E-state index in [0.717, 1.165) is 0 Å².